The second-order valence-electron chi connectivity index (χ2n) is 27.3. The van der Waals surface area contributed by atoms with Crippen molar-refractivity contribution in [3.63, 3.8) is 0 Å². The number of pyridine rings is 4. The molecule has 2 amide bonds. The second kappa shape index (κ2) is 37.3. The lowest BCUT2D eigenvalue weighted by molar-refractivity contribution is 0.0961. The lowest BCUT2D eigenvalue weighted by atomic mass is 10.1. The highest BCUT2D eigenvalue weighted by atomic mass is 35.5. The molecule has 8 aromatic carbocycles. The van der Waals surface area contributed by atoms with E-state index in [1.165, 1.54) is 25.6 Å². The maximum Gasteiger partial charge on any atom is 0.264 e. The maximum atomic E-state index is 13.5. The summed E-state index contributed by atoms with van der Waals surface area (Å²) in [6.45, 7) is 7.56. The number of halogens is 6. The number of carbonyl (C=O) groups is 2. The van der Waals surface area contributed by atoms with E-state index < -0.39 is 18.0 Å². The van der Waals surface area contributed by atoms with Crippen LogP contribution >= 0.6 is 69.6 Å². The third-order valence-electron chi connectivity index (χ3n) is 19.2. The Morgan fingerprint density at radius 3 is 0.967 bits per heavy atom. The number of carbonyl (C=O) groups excluding carboxylic acids is 2. The van der Waals surface area contributed by atoms with Crippen molar-refractivity contribution in [1.82, 2.24) is 63.5 Å². The minimum atomic E-state index is -0.694. The number of benzene rings is 8. The van der Waals surface area contributed by atoms with Gasteiger partial charge in [-0.3, -0.25) is 47.0 Å². The molecule has 0 saturated heterocycles. The molecule has 34 heteroatoms. The predicted molar refractivity (Wildman–Crippen MR) is 484 cm³/mol. The number of primary amides is 1. The molecule has 0 bridgehead atoms. The summed E-state index contributed by atoms with van der Waals surface area (Å²) in [6.07, 6.45) is 4.06. The van der Waals surface area contributed by atoms with E-state index in [0.29, 0.717) is 91.8 Å². The molecule has 16 rings (SSSR count). The summed E-state index contributed by atoms with van der Waals surface area (Å²) in [6, 6.07) is 66.5. The van der Waals surface area contributed by atoms with E-state index in [9.17, 15) is 28.8 Å². The van der Waals surface area contributed by atoms with Gasteiger partial charge in [-0.1, -0.05) is 179 Å². The first-order valence-electron chi connectivity index (χ1n) is 37.2. The number of hydrogen-bond acceptors (Lipinski definition) is 22. The lowest BCUT2D eigenvalue weighted by Crippen LogP contribution is -2.27. The van der Waals surface area contributed by atoms with E-state index in [1.807, 2.05) is 210 Å². The lowest BCUT2D eigenvalue weighted by Gasteiger charge is -2.22. The summed E-state index contributed by atoms with van der Waals surface area (Å²) >= 11 is 37.5. The van der Waals surface area contributed by atoms with E-state index in [0.717, 1.165) is 33.5 Å². The van der Waals surface area contributed by atoms with Crippen molar-refractivity contribution in [1.29, 1.82) is 0 Å². The molecule has 0 unspecified atom stereocenters. The molecule has 0 aliphatic rings. The SMILES string of the molecule is CNC(=O)c1cnc(N)nc1N[C@@H](C)c1cc2cccc(Cl)c2c(=O)n1-c1ccccc1.C[C@H](Nc1cc(N)nc(Cl)n1)c1cc2cccc(Cl)c2c(=O)n1-c1ccccc1.C[C@H](Nc1nc(N)ncc1C(N)=O)c1cc2cccc(Cl)c2c(=O)n1-c1ccccc1.C[C@H](Nc1nc(N)ncc1Cl)c1cc2cccc(Cl)c2c(=O)n1-c1ccccc1. The Bertz CT molecular complexity index is 6860. The van der Waals surface area contributed by atoms with E-state index in [4.69, 9.17) is 98.3 Å². The highest BCUT2D eigenvalue weighted by molar-refractivity contribution is 6.37. The van der Waals surface area contributed by atoms with Gasteiger partial charge in [-0.2, -0.15) is 15.0 Å². The van der Waals surface area contributed by atoms with Gasteiger partial charge in [-0.15, -0.1) is 0 Å². The average molecular weight is 1740 g/mol. The van der Waals surface area contributed by atoms with Crippen molar-refractivity contribution in [3.05, 3.63) is 349 Å². The number of nitrogens with one attached hydrogen (secondary N) is 5. The molecule has 0 aliphatic heterocycles. The summed E-state index contributed by atoms with van der Waals surface area (Å²) in [5, 5.41) is 22.1. The van der Waals surface area contributed by atoms with Crippen LogP contribution in [0.25, 0.3) is 65.8 Å². The quantitative estimate of drug-likeness (QED) is 0.0357. The maximum absolute atomic E-state index is 13.5. The van der Waals surface area contributed by atoms with E-state index in [2.05, 4.69) is 66.5 Å². The summed E-state index contributed by atoms with van der Waals surface area (Å²) < 4.78 is 6.48. The highest BCUT2D eigenvalue weighted by Gasteiger charge is 2.26. The molecular formula is C87H74Cl6N22O6. The summed E-state index contributed by atoms with van der Waals surface area (Å²) in [5.41, 5.74) is 33.4. The van der Waals surface area contributed by atoms with Crippen molar-refractivity contribution in [2.24, 2.45) is 5.73 Å². The van der Waals surface area contributed by atoms with Gasteiger partial charge in [0.05, 0.1) is 77.6 Å². The molecule has 0 aliphatic carbocycles. The summed E-state index contributed by atoms with van der Waals surface area (Å²) in [5.74, 6) is 0.640. The number of hydrogen-bond donors (Lipinski definition) is 10. The van der Waals surface area contributed by atoms with Crippen LogP contribution in [-0.2, 0) is 0 Å². The number of nitrogen functional groups attached to an aromatic ring is 4. The third kappa shape index (κ3) is 18.8. The Labute approximate surface area is 720 Å². The Morgan fingerprint density at radius 1 is 0.347 bits per heavy atom. The molecule has 0 saturated carbocycles. The molecular weight excluding hydrogens is 1660 g/mol. The van der Waals surface area contributed by atoms with Crippen LogP contribution in [-0.4, -0.2) is 77.0 Å². The molecule has 4 atom stereocenters. The van der Waals surface area contributed by atoms with Crippen molar-refractivity contribution >= 4 is 171 Å². The minimum absolute atomic E-state index is 0.00885. The van der Waals surface area contributed by atoms with Crippen LogP contribution in [0, 0.1) is 0 Å². The number of nitrogens with two attached hydrogens (primary N) is 5. The largest absolute Gasteiger partial charge is 0.383 e. The Balaban J connectivity index is 0.000000139. The predicted octanol–water partition coefficient (Wildman–Crippen LogP) is 16.5. The van der Waals surface area contributed by atoms with Gasteiger partial charge in [0.2, 0.25) is 23.1 Å². The molecule has 0 radical (unpaired) electrons. The zero-order chi connectivity index (χ0) is 86.0. The Hall–Kier alpha value is -14.0. The van der Waals surface area contributed by atoms with Crippen LogP contribution in [0.2, 0.25) is 30.4 Å². The monoisotopic (exact) mass is 1730 g/mol. The molecule has 121 heavy (non-hydrogen) atoms. The first kappa shape index (κ1) is 84.9. The van der Waals surface area contributed by atoms with Gasteiger partial charge in [0, 0.05) is 71.0 Å². The fourth-order valence-electron chi connectivity index (χ4n) is 13.6. The van der Waals surface area contributed by atoms with E-state index in [-0.39, 0.29) is 91.9 Å². The van der Waals surface area contributed by atoms with Crippen LogP contribution in [0.15, 0.2) is 262 Å². The number of para-hydroxylation sites is 4. The zero-order valence-corrected chi connectivity index (χ0v) is 69.4. The van der Waals surface area contributed by atoms with Crippen LogP contribution in [0.3, 0.4) is 0 Å². The molecule has 0 spiro atoms. The van der Waals surface area contributed by atoms with Gasteiger partial charge in [-0.05, 0) is 158 Å². The number of fused-ring (bicyclic) bond motifs is 4. The Kier molecular flexibility index (Phi) is 26.2. The number of amides is 2. The molecule has 16 aromatic rings. The number of anilines is 8. The van der Waals surface area contributed by atoms with E-state index >= 15 is 0 Å². The molecule has 610 valence electrons. The standard InChI is InChI=1S/C23H21ClN6O2.C22H19ClN6O2.2C21H17Cl2N5O/c1-13(28-20-16(21(31)26-2)12-27-23(25)29-20)18-11-14-7-6-10-17(24)19(14)22(32)30(18)15-8-4-3-5-9-15;1-12(27-20-15(19(24)30)11-26-22(25)28-20)17-10-13-6-5-9-16(23)18(13)21(31)29(17)14-7-3-2-4-8-14;1-12(26-19-16(23)11-25-21(24)27-19)17-10-13-6-5-9-15(22)18(13)20(29)28(17)14-7-3-2-4-8-14;1-12(25-18-11-17(24)26-21(23)27-18)16-10-13-6-5-9-15(22)19(13)20(29)28(16)14-7-3-2-4-8-14/h3-13H,1-2H3,(H,26,31)(H3,25,27,28,29);2-12H,1H3,(H2,24,30)(H3,25,26,27,28);2*2-12H,1H3,(H3,24,25,26,27)/t13-;3*12-/m0000/s1. The van der Waals surface area contributed by atoms with Gasteiger partial charge in [0.15, 0.2) is 5.82 Å². The van der Waals surface area contributed by atoms with Gasteiger partial charge >= 0.3 is 0 Å². The molecule has 15 N–H and O–H groups in total. The first-order chi connectivity index (χ1) is 58.2. The fraction of sp³-hybridized carbons (Fsp3) is 0.103. The zero-order valence-electron chi connectivity index (χ0n) is 64.9. The molecule has 8 aromatic heterocycles. The summed E-state index contributed by atoms with van der Waals surface area (Å²) in [7, 11) is 1.52. The average Bonchev–Trinajstić information content (AvgIpc) is 0.775. The molecule has 8 heterocycles. The van der Waals surface area contributed by atoms with Gasteiger partial charge < -0.3 is 55.3 Å². The minimum Gasteiger partial charge on any atom is -0.383 e. The van der Waals surface area contributed by atoms with Crippen LogP contribution in [0.5, 0.6) is 0 Å². The van der Waals surface area contributed by atoms with Crippen LogP contribution in [0.1, 0.15) is 95.4 Å². The fourth-order valence-corrected chi connectivity index (χ4v) is 15.0. The third-order valence-corrected chi connectivity index (χ3v) is 20.9. The highest BCUT2D eigenvalue weighted by Crippen LogP contribution is 2.35. The van der Waals surface area contributed by atoms with Crippen molar-refractivity contribution in [2.75, 3.05) is 51.2 Å². The van der Waals surface area contributed by atoms with Gasteiger partial charge in [0.25, 0.3) is 34.1 Å². The normalized spacial score (nSPS) is 12.0. The second-order valence-corrected chi connectivity index (χ2v) is 29.6. The van der Waals surface area contributed by atoms with Crippen molar-refractivity contribution in [3.8, 4) is 22.7 Å². The van der Waals surface area contributed by atoms with Gasteiger partial charge in [-0.25, -0.2) is 24.9 Å². The van der Waals surface area contributed by atoms with E-state index in [1.54, 1.807) is 60.7 Å². The topological polar surface area (TPSA) is 416 Å². The molecule has 0 fully saturated rings. The molecule has 28 nitrogen and oxygen atoms in total. The first-order valence-corrected chi connectivity index (χ1v) is 39.4. The van der Waals surface area contributed by atoms with Crippen LogP contribution < -0.4 is 77.5 Å². The van der Waals surface area contributed by atoms with Gasteiger partial charge in [0.1, 0.15) is 33.9 Å². The summed E-state index contributed by atoms with van der Waals surface area (Å²) in [4.78, 5) is 110. The van der Waals surface area contributed by atoms with Crippen molar-refractivity contribution < 1.29 is 9.59 Å². The van der Waals surface area contributed by atoms with Crippen LogP contribution in [0.4, 0.5) is 46.9 Å². The number of rotatable bonds is 18. The number of aromatic nitrogens is 12. The smallest absolute Gasteiger partial charge is 0.264 e. The van der Waals surface area contributed by atoms with Crippen molar-refractivity contribution in [2.45, 2.75) is 51.9 Å². The number of nitrogens with zero attached hydrogens (tertiary/aromatic N) is 12. The Morgan fingerprint density at radius 2 is 0.645 bits per heavy atom.